The van der Waals surface area contributed by atoms with E-state index in [1.807, 2.05) is 30.3 Å². The number of benzene rings is 1. The smallest absolute Gasteiger partial charge is 0.303 e. The van der Waals surface area contributed by atoms with Crippen molar-refractivity contribution in [2.75, 3.05) is 0 Å². The largest absolute Gasteiger partial charge is 0.481 e. The molecule has 2 rings (SSSR count). The number of aliphatic hydroxyl groups is 2. The highest BCUT2D eigenvalue weighted by molar-refractivity contribution is 5.66. The summed E-state index contributed by atoms with van der Waals surface area (Å²) in [5.41, 5.74) is 1.16. The zero-order valence-electron chi connectivity index (χ0n) is 17.6. The van der Waals surface area contributed by atoms with E-state index in [1.54, 1.807) is 0 Å². The Labute approximate surface area is 175 Å². The van der Waals surface area contributed by atoms with E-state index >= 15 is 0 Å². The molecule has 0 radical (unpaired) electrons. The maximum atomic E-state index is 10.6. The zero-order chi connectivity index (χ0) is 21.1. The lowest BCUT2D eigenvalue weighted by molar-refractivity contribution is -0.137. The topological polar surface area (TPSA) is 77.8 Å². The molecule has 0 amide bonds. The van der Waals surface area contributed by atoms with Gasteiger partial charge in [0.1, 0.15) is 6.10 Å². The maximum Gasteiger partial charge on any atom is 0.303 e. The molecule has 1 aromatic rings. The average molecular weight is 401 g/mol. The van der Waals surface area contributed by atoms with Gasteiger partial charge in [0.25, 0.3) is 0 Å². The predicted molar refractivity (Wildman–Crippen MR) is 115 cm³/mol. The van der Waals surface area contributed by atoms with Gasteiger partial charge < -0.3 is 15.3 Å². The van der Waals surface area contributed by atoms with Gasteiger partial charge in [0.2, 0.25) is 0 Å². The van der Waals surface area contributed by atoms with Crippen molar-refractivity contribution in [1.82, 2.24) is 0 Å². The van der Waals surface area contributed by atoms with Crippen LogP contribution in [0.15, 0.2) is 30.3 Å². The maximum absolute atomic E-state index is 10.6. The second kappa shape index (κ2) is 12.7. The molecule has 3 N–H and O–H groups in total. The van der Waals surface area contributed by atoms with Crippen LogP contribution in [-0.2, 0) is 11.2 Å². The molecular weight excluding hydrogens is 364 g/mol. The first-order valence-electron chi connectivity index (χ1n) is 11.1. The Bertz CT molecular complexity index is 660. The third-order valence-corrected chi connectivity index (χ3v) is 6.24. The third kappa shape index (κ3) is 8.60. The van der Waals surface area contributed by atoms with E-state index in [-0.39, 0.29) is 18.4 Å². The second-order valence-electron chi connectivity index (χ2n) is 8.53. The number of rotatable bonds is 11. The highest BCUT2D eigenvalue weighted by atomic mass is 16.4. The molecule has 0 heterocycles. The van der Waals surface area contributed by atoms with Gasteiger partial charge in [-0.1, -0.05) is 68.4 Å². The summed E-state index contributed by atoms with van der Waals surface area (Å²) in [4.78, 5) is 10.6. The van der Waals surface area contributed by atoms with Crippen LogP contribution < -0.4 is 0 Å². The summed E-state index contributed by atoms with van der Waals surface area (Å²) in [5.74, 6) is 6.49. The average Bonchev–Trinajstić information content (AvgIpc) is 2.96. The molecule has 4 heteroatoms. The van der Waals surface area contributed by atoms with Crippen molar-refractivity contribution in [3.8, 4) is 11.8 Å². The third-order valence-electron chi connectivity index (χ3n) is 6.24. The highest BCUT2D eigenvalue weighted by Gasteiger charge is 2.39. The number of hydrogen-bond acceptors (Lipinski definition) is 3. The Hall–Kier alpha value is -1.83. The van der Waals surface area contributed by atoms with Gasteiger partial charge in [0.05, 0.1) is 6.10 Å². The lowest BCUT2D eigenvalue weighted by Crippen LogP contribution is -2.21. The first-order chi connectivity index (χ1) is 14.0. The molecule has 29 heavy (non-hydrogen) atoms. The first kappa shape index (κ1) is 23.4. The van der Waals surface area contributed by atoms with Gasteiger partial charge >= 0.3 is 5.97 Å². The Balaban J connectivity index is 1.73. The molecule has 1 saturated carbocycles. The van der Waals surface area contributed by atoms with Crippen LogP contribution in [0.25, 0.3) is 0 Å². The fraction of sp³-hybridized carbons (Fsp3) is 0.640. The molecule has 0 saturated heterocycles. The van der Waals surface area contributed by atoms with Crippen molar-refractivity contribution in [2.45, 2.75) is 83.3 Å². The molecule has 0 spiro atoms. The zero-order valence-corrected chi connectivity index (χ0v) is 17.6. The molecule has 0 aromatic heterocycles. The molecule has 5 atom stereocenters. The Kier molecular flexibility index (Phi) is 10.2. The second-order valence-corrected chi connectivity index (χ2v) is 8.53. The van der Waals surface area contributed by atoms with Gasteiger partial charge in [0.15, 0.2) is 0 Å². The summed E-state index contributed by atoms with van der Waals surface area (Å²) in [6.45, 7) is 2.20. The number of aliphatic carboxylic acids is 1. The predicted octanol–water partition coefficient (Wildman–Crippen LogP) is 4.43. The van der Waals surface area contributed by atoms with E-state index in [4.69, 9.17) is 5.11 Å². The highest BCUT2D eigenvalue weighted by Crippen LogP contribution is 2.42. The molecule has 160 valence electrons. The monoisotopic (exact) mass is 400 g/mol. The number of unbranched alkanes of at least 4 members (excludes halogenated alkanes) is 3. The molecule has 4 nitrogen and oxygen atoms in total. The first-order valence-corrected chi connectivity index (χ1v) is 11.1. The van der Waals surface area contributed by atoms with Crippen LogP contribution in [0.5, 0.6) is 0 Å². The van der Waals surface area contributed by atoms with Gasteiger partial charge in [-0.2, -0.15) is 0 Å². The van der Waals surface area contributed by atoms with Crippen LogP contribution in [0.2, 0.25) is 0 Å². The molecule has 1 aromatic carbocycles. The van der Waals surface area contributed by atoms with Gasteiger partial charge in [-0.25, -0.2) is 0 Å². The van der Waals surface area contributed by atoms with Crippen molar-refractivity contribution in [3.63, 3.8) is 0 Å². The van der Waals surface area contributed by atoms with Crippen LogP contribution >= 0.6 is 0 Å². The minimum Gasteiger partial charge on any atom is -0.481 e. The normalized spacial score (nSPS) is 24.7. The quantitative estimate of drug-likeness (QED) is 0.379. The Morgan fingerprint density at radius 3 is 2.55 bits per heavy atom. The standard InChI is InChI=1S/C25H36O4/c1-19-18-24(27)23(14-7-2-3-8-15-25(28)29)22(19)17-16-21(26)13-9-12-20-10-5-4-6-11-20/h4-6,10-11,19,21-24,26-27H,2-3,7-8,12,14-18H2,1H3,(H,28,29)/t19-,21?,22+,23-,24+/m1/s1. The van der Waals surface area contributed by atoms with Crippen LogP contribution in [0.1, 0.15) is 70.3 Å². The SMILES string of the molecule is C[C@@H]1C[C@H](O)[C@H](CCCCCCC(=O)O)[C@H]1CCC(O)C#CCc1ccccc1. The van der Waals surface area contributed by atoms with E-state index in [1.165, 1.54) is 0 Å². The van der Waals surface area contributed by atoms with Crippen LogP contribution in [0.3, 0.4) is 0 Å². The molecule has 1 aliphatic carbocycles. The summed E-state index contributed by atoms with van der Waals surface area (Å²) < 4.78 is 0. The van der Waals surface area contributed by atoms with Gasteiger partial charge in [-0.15, -0.1) is 0 Å². The van der Waals surface area contributed by atoms with E-state index in [2.05, 4.69) is 18.8 Å². The molecule has 0 aliphatic heterocycles. The van der Waals surface area contributed by atoms with Crippen molar-refractivity contribution in [2.24, 2.45) is 17.8 Å². The lowest BCUT2D eigenvalue weighted by atomic mass is 9.82. The van der Waals surface area contributed by atoms with Crippen LogP contribution in [0, 0.1) is 29.6 Å². The van der Waals surface area contributed by atoms with E-state index in [9.17, 15) is 15.0 Å². The van der Waals surface area contributed by atoms with E-state index in [0.29, 0.717) is 24.7 Å². The summed E-state index contributed by atoms with van der Waals surface area (Å²) in [6.07, 6.45) is 7.12. The summed E-state index contributed by atoms with van der Waals surface area (Å²) in [7, 11) is 0. The molecule has 0 bridgehead atoms. The minimum atomic E-state index is -0.726. The summed E-state index contributed by atoms with van der Waals surface area (Å²) in [6, 6.07) is 10.0. The number of aliphatic hydroxyl groups excluding tert-OH is 2. The Morgan fingerprint density at radius 1 is 1.10 bits per heavy atom. The summed E-state index contributed by atoms with van der Waals surface area (Å²) >= 11 is 0. The van der Waals surface area contributed by atoms with Gasteiger partial charge in [-0.05, 0) is 55.4 Å². The molecule has 1 unspecified atom stereocenters. The van der Waals surface area contributed by atoms with Crippen LogP contribution in [-0.4, -0.2) is 33.5 Å². The minimum absolute atomic E-state index is 0.245. The van der Waals surface area contributed by atoms with Crippen molar-refractivity contribution < 1.29 is 20.1 Å². The Morgan fingerprint density at radius 2 is 1.83 bits per heavy atom. The number of carbonyl (C=O) groups is 1. The summed E-state index contributed by atoms with van der Waals surface area (Å²) in [5, 5.41) is 29.4. The van der Waals surface area contributed by atoms with Crippen molar-refractivity contribution >= 4 is 5.97 Å². The van der Waals surface area contributed by atoms with E-state index < -0.39 is 12.1 Å². The number of hydrogen-bond donors (Lipinski definition) is 3. The molecular formula is C25H36O4. The van der Waals surface area contributed by atoms with Crippen molar-refractivity contribution in [3.05, 3.63) is 35.9 Å². The number of carboxylic acid groups (broad SMARTS) is 1. The number of carboxylic acids is 1. The van der Waals surface area contributed by atoms with E-state index in [0.717, 1.165) is 50.5 Å². The van der Waals surface area contributed by atoms with Crippen molar-refractivity contribution in [1.29, 1.82) is 0 Å². The van der Waals surface area contributed by atoms with Crippen LogP contribution in [0.4, 0.5) is 0 Å². The fourth-order valence-corrected chi connectivity index (χ4v) is 4.64. The molecule has 1 fully saturated rings. The lowest BCUT2D eigenvalue weighted by Gasteiger charge is -2.24. The van der Waals surface area contributed by atoms with Gasteiger partial charge in [0, 0.05) is 12.8 Å². The molecule has 1 aliphatic rings. The van der Waals surface area contributed by atoms with Gasteiger partial charge in [-0.3, -0.25) is 4.79 Å². The fourth-order valence-electron chi connectivity index (χ4n) is 4.64.